The van der Waals surface area contributed by atoms with E-state index in [0.717, 1.165) is 13.0 Å². The van der Waals surface area contributed by atoms with Gasteiger partial charge in [0.25, 0.3) is 0 Å². The molecule has 1 unspecified atom stereocenters. The second-order valence-electron chi connectivity index (χ2n) is 7.66. The number of hydrogen-bond donors (Lipinski definition) is 0. The molecular weight excluding hydrogens is 340 g/mol. The van der Waals surface area contributed by atoms with E-state index in [-0.39, 0.29) is 5.66 Å². The minimum atomic E-state index is -0.348. The van der Waals surface area contributed by atoms with Crippen molar-refractivity contribution in [3.8, 4) is 0 Å². The van der Waals surface area contributed by atoms with Crippen molar-refractivity contribution in [2.45, 2.75) is 12.1 Å². The Bertz CT molecular complexity index is 1210. The Balaban J connectivity index is 1.60. The monoisotopic (exact) mass is 360 g/mol. The zero-order chi connectivity index (χ0) is 18.6. The van der Waals surface area contributed by atoms with Gasteiger partial charge in [-0.1, -0.05) is 97.1 Å². The SMILES string of the molecule is c1ccc(C2=NC3(c4ccccc4)Cc4ccc5ccccc5c4N3C2)cc1. The Morgan fingerprint density at radius 1 is 0.714 bits per heavy atom. The standard InChI is InChI=1S/C26H20N2/c1-3-10-20(11-4-1)24-18-28-25-21(16-15-19-9-7-8-14-23(19)25)17-26(28,27-24)22-12-5-2-6-13-22/h1-16H,17-18H2. The molecule has 6 rings (SSSR count). The third-order valence-corrected chi connectivity index (χ3v) is 6.11. The summed E-state index contributed by atoms with van der Waals surface area (Å²) in [6, 6.07) is 34.6. The van der Waals surface area contributed by atoms with Crippen LogP contribution in [0.15, 0.2) is 102 Å². The Hall–Kier alpha value is -3.39. The molecule has 0 saturated carbocycles. The zero-order valence-electron chi connectivity index (χ0n) is 15.5. The van der Waals surface area contributed by atoms with Crippen LogP contribution in [0.25, 0.3) is 10.8 Å². The molecule has 4 aromatic carbocycles. The van der Waals surface area contributed by atoms with Crippen LogP contribution in [0.3, 0.4) is 0 Å². The predicted octanol–water partition coefficient (Wildman–Crippen LogP) is 5.56. The lowest BCUT2D eigenvalue weighted by atomic mass is 9.95. The lowest BCUT2D eigenvalue weighted by molar-refractivity contribution is 0.482. The van der Waals surface area contributed by atoms with Crippen molar-refractivity contribution < 1.29 is 0 Å². The molecule has 2 heterocycles. The van der Waals surface area contributed by atoms with Gasteiger partial charge in [0, 0.05) is 11.8 Å². The first kappa shape index (κ1) is 15.6. The van der Waals surface area contributed by atoms with E-state index in [4.69, 9.17) is 4.99 Å². The van der Waals surface area contributed by atoms with E-state index in [0.29, 0.717) is 0 Å². The molecule has 0 saturated heterocycles. The Kier molecular flexibility index (Phi) is 3.24. The summed E-state index contributed by atoms with van der Waals surface area (Å²) in [6.45, 7) is 0.833. The molecule has 28 heavy (non-hydrogen) atoms. The minimum Gasteiger partial charge on any atom is -0.336 e. The molecule has 4 aromatic rings. The molecule has 0 bridgehead atoms. The van der Waals surface area contributed by atoms with Crippen molar-refractivity contribution >= 4 is 22.2 Å². The summed E-state index contributed by atoms with van der Waals surface area (Å²) >= 11 is 0. The van der Waals surface area contributed by atoms with Crippen LogP contribution < -0.4 is 4.90 Å². The van der Waals surface area contributed by atoms with Crippen molar-refractivity contribution in [2.75, 3.05) is 11.4 Å². The second-order valence-corrected chi connectivity index (χ2v) is 7.66. The lowest BCUT2D eigenvalue weighted by Crippen LogP contribution is -2.39. The van der Waals surface area contributed by atoms with Gasteiger partial charge in [-0.05, 0) is 22.1 Å². The summed E-state index contributed by atoms with van der Waals surface area (Å²) in [7, 11) is 0. The van der Waals surface area contributed by atoms with Gasteiger partial charge in [0.2, 0.25) is 0 Å². The summed E-state index contributed by atoms with van der Waals surface area (Å²) in [4.78, 5) is 7.92. The van der Waals surface area contributed by atoms with Crippen LogP contribution in [-0.4, -0.2) is 12.3 Å². The molecule has 0 radical (unpaired) electrons. The maximum Gasteiger partial charge on any atom is 0.162 e. The van der Waals surface area contributed by atoms with Gasteiger partial charge in [-0.2, -0.15) is 0 Å². The number of aliphatic imine (C=N–C) groups is 1. The van der Waals surface area contributed by atoms with E-state index in [9.17, 15) is 0 Å². The first-order valence-corrected chi connectivity index (χ1v) is 9.83. The summed E-state index contributed by atoms with van der Waals surface area (Å²) in [6.07, 6.45) is 0.910. The molecule has 0 fully saturated rings. The van der Waals surface area contributed by atoms with Crippen LogP contribution in [0.2, 0.25) is 0 Å². The number of hydrogen-bond acceptors (Lipinski definition) is 2. The maximum atomic E-state index is 5.39. The van der Waals surface area contributed by atoms with Crippen LogP contribution in [0.1, 0.15) is 16.7 Å². The van der Waals surface area contributed by atoms with E-state index >= 15 is 0 Å². The fourth-order valence-corrected chi connectivity index (χ4v) is 4.84. The van der Waals surface area contributed by atoms with Crippen LogP contribution in [0.4, 0.5) is 5.69 Å². The van der Waals surface area contributed by atoms with Crippen molar-refractivity contribution in [1.82, 2.24) is 0 Å². The molecule has 2 aliphatic heterocycles. The van der Waals surface area contributed by atoms with Gasteiger partial charge in [0.05, 0.1) is 17.9 Å². The topological polar surface area (TPSA) is 15.6 Å². The van der Waals surface area contributed by atoms with Crippen LogP contribution in [0.5, 0.6) is 0 Å². The third-order valence-electron chi connectivity index (χ3n) is 6.11. The number of rotatable bonds is 2. The van der Waals surface area contributed by atoms with Crippen molar-refractivity contribution in [1.29, 1.82) is 0 Å². The summed E-state index contributed by atoms with van der Waals surface area (Å²) < 4.78 is 0. The van der Waals surface area contributed by atoms with E-state index in [2.05, 4.69) is 102 Å². The third kappa shape index (κ3) is 2.12. The number of nitrogens with zero attached hydrogens (tertiary/aromatic N) is 2. The Labute approximate surface area is 164 Å². The largest absolute Gasteiger partial charge is 0.336 e. The van der Waals surface area contributed by atoms with E-state index < -0.39 is 0 Å². The molecule has 2 nitrogen and oxygen atoms in total. The maximum absolute atomic E-state index is 5.39. The van der Waals surface area contributed by atoms with Gasteiger partial charge >= 0.3 is 0 Å². The highest BCUT2D eigenvalue weighted by Crippen LogP contribution is 2.51. The fraction of sp³-hybridized carbons (Fsp3) is 0.115. The number of benzene rings is 4. The molecule has 0 amide bonds. The molecule has 1 atom stereocenters. The van der Waals surface area contributed by atoms with E-state index in [1.54, 1.807) is 0 Å². The normalized spacial score (nSPS) is 20.1. The molecular formula is C26H20N2. The predicted molar refractivity (Wildman–Crippen MR) is 116 cm³/mol. The van der Waals surface area contributed by atoms with Crippen molar-refractivity contribution in [3.63, 3.8) is 0 Å². The Morgan fingerprint density at radius 3 is 2.25 bits per heavy atom. The molecule has 0 aliphatic carbocycles. The van der Waals surface area contributed by atoms with Crippen molar-refractivity contribution in [3.05, 3.63) is 114 Å². The van der Waals surface area contributed by atoms with Gasteiger partial charge in [-0.15, -0.1) is 0 Å². The van der Waals surface area contributed by atoms with Gasteiger partial charge in [-0.25, -0.2) is 0 Å². The molecule has 0 spiro atoms. The second kappa shape index (κ2) is 5.80. The van der Waals surface area contributed by atoms with Crippen molar-refractivity contribution in [2.24, 2.45) is 4.99 Å². The van der Waals surface area contributed by atoms with E-state index in [1.165, 1.54) is 38.9 Å². The minimum absolute atomic E-state index is 0.348. The highest BCUT2D eigenvalue weighted by molar-refractivity contribution is 6.09. The average molecular weight is 360 g/mol. The van der Waals surface area contributed by atoms with Gasteiger partial charge < -0.3 is 4.90 Å². The molecule has 0 aromatic heterocycles. The summed E-state index contributed by atoms with van der Waals surface area (Å²) in [5.41, 5.74) is 6.03. The zero-order valence-corrected chi connectivity index (χ0v) is 15.5. The molecule has 2 heteroatoms. The first-order chi connectivity index (χ1) is 13.9. The highest BCUT2D eigenvalue weighted by Gasteiger charge is 2.49. The van der Waals surface area contributed by atoms with Gasteiger partial charge in [0.15, 0.2) is 5.66 Å². The molecule has 2 aliphatic rings. The van der Waals surface area contributed by atoms with Crippen LogP contribution >= 0.6 is 0 Å². The molecule has 0 N–H and O–H groups in total. The van der Waals surface area contributed by atoms with E-state index in [1.807, 2.05) is 0 Å². The lowest BCUT2D eigenvalue weighted by Gasteiger charge is -2.32. The fourth-order valence-electron chi connectivity index (χ4n) is 4.84. The number of anilines is 1. The van der Waals surface area contributed by atoms with Gasteiger partial charge in [-0.3, -0.25) is 4.99 Å². The quantitative estimate of drug-likeness (QED) is 0.457. The Morgan fingerprint density at radius 2 is 1.43 bits per heavy atom. The van der Waals surface area contributed by atoms with Gasteiger partial charge in [0.1, 0.15) is 0 Å². The first-order valence-electron chi connectivity index (χ1n) is 9.83. The number of fused-ring (bicyclic) bond motifs is 5. The molecule has 134 valence electrons. The van der Waals surface area contributed by atoms with Crippen LogP contribution in [-0.2, 0) is 12.1 Å². The smallest absolute Gasteiger partial charge is 0.162 e. The average Bonchev–Trinajstić information content (AvgIpc) is 3.29. The summed E-state index contributed by atoms with van der Waals surface area (Å²) in [5.74, 6) is 0. The van der Waals surface area contributed by atoms with Crippen LogP contribution in [0, 0.1) is 0 Å². The highest BCUT2D eigenvalue weighted by atomic mass is 15.4. The summed E-state index contributed by atoms with van der Waals surface area (Å²) in [5, 5.41) is 2.61.